The number of nitrogens with one attached hydrogen (secondary N) is 1. The van der Waals surface area contributed by atoms with Crippen LogP contribution in [0.25, 0.3) is 0 Å². The molecule has 0 unspecified atom stereocenters. The summed E-state index contributed by atoms with van der Waals surface area (Å²) in [7, 11) is 1.25. The Morgan fingerprint density at radius 2 is 1.80 bits per heavy atom. The Hall–Kier alpha value is -1.74. The summed E-state index contributed by atoms with van der Waals surface area (Å²) in [4.78, 5) is 3.42. The van der Waals surface area contributed by atoms with E-state index >= 15 is 0 Å². The lowest BCUT2D eigenvalue weighted by Gasteiger charge is -2.16. The Morgan fingerprint density at radius 3 is 2.25 bits per heavy atom. The van der Waals surface area contributed by atoms with E-state index in [4.69, 9.17) is 0 Å². The first-order chi connectivity index (χ1) is 9.06. The van der Waals surface area contributed by atoms with Crippen LogP contribution < -0.4 is 10.1 Å². The fourth-order valence-corrected chi connectivity index (χ4v) is 1.10. The fourth-order valence-electron chi connectivity index (χ4n) is 1.10. The number of pyridine rings is 1. The smallest absolute Gasteiger partial charge is 0.416 e. The van der Waals surface area contributed by atoms with Crippen molar-refractivity contribution in [1.82, 2.24) is 4.98 Å². The van der Waals surface area contributed by atoms with Crippen LogP contribution in [-0.2, 0) is 6.18 Å². The number of halogens is 7. The summed E-state index contributed by atoms with van der Waals surface area (Å²) in [5.74, 6) is -5.60. The molecule has 0 amide bonds. The van der Waals surface area contributed by atoms with Crippen LogP contribution in [0.4, 0.5) is 36.6 Å². The molecule has 1 N–H and O–H groups in total. The maximum atomic E-state index is 12.6. The molecule has 1 aromatic heterocycles. The lowest BCUT2D eigenvalue weighted by molar-refractivity contribution is -0.149. The number of alkyl halides is 7. The maximum absolute atomic E-state index is 12.6. The second kappa shape index (κ2) is 5.71. The second-order valence-corrected chi connectivity index (χ2v) is 3.68. The fraction of sp³-hybridized carbons (Fsp3) is 0.500. The summed E-state index contributed by atoms with van der Waals surface area (Å²) < 4.78 is 90.7. The van der Waals surface area contributed by atoms with Gasteiger partial charge in [-0.1, -0.05) is 0 Å². The zero-order chi connectivity index (χ0) is 15.6. The van der Waals surface area contributed by atoms with Gasteiger partial charge in [0.2, 0.25) is 5.88 Å². The summed E-state index contributed by atoms with van der Waals surface area (Å²) in [5, 5.41) is 2.27. The molecular formula is C10H9F7N2O. The zero-order valence-electron chi connectivity index (χ0n) is 9.94. The van der Waals surface area contributed by atoms with Crippen LogP contribution >= 0.6 is 0 Å². The Morgan fingerprint density at radius 1 is 1.20 bits per heavy atom. The van der Waals surface area contributed by atoms with Gasteiger partial charge < -0.3 is 10.1 Å². The molecular weight excluding hydrogens is 297 g/mol. The van der Waals surface area contributed by atoms with E-state index in [2.05, 4.69) is 15.0 Å². The van der Waals surface area contributed by atoms with Gasteiger partial charge in [0.15, 0.2) is 6.61 Å². The molecule has 0 radical (unpaired) electrons. The monoisotopic (exact) mass is 306 g/mol. The molecule has 0 saturated carbocycles. The molecule has 1 heterocycles. The van der Waals surface area contributed by atoms with E-state index in [1.807, 2.05) is 0 Å². The molecule has 10 heteroatoms. The number of aromatic nitrogens is 1. The lowest BCUT2D eigenvalue weighted by Crippen LogP contribution is -2.34. The van der Waals surface area contributed by atoms with E-state index in [0.717, 1.165) is 0 Å². The Labute approximate surface area is 108 Å². The van der Waals surface area contributed by atoms with Crippen molar-refractivity contribution >= 4 is 5.82 Å². The van der Waals surface area contributed by atoms with E-state index in [1.54, 1.807) is 0 Å². The van der Waals surface area contributed by atoms with Crippen molar-refractivity contribution in [3.8, 4) is 5.88 Å². The molecule has 0 aliphatic rings. The molecule has 1 rings (SSSR count). The normalized spacial score (nSPS) is 12.7. The molecule has 0 aliphatic heterocycles. The van der Waals surface area contributed by atoms with Crippen LogP contribution in [0.1, 0.15) is 5.56 Å². The molecule has 0 atom stereocenters. The van der Waals surface area contributed by atoms with Gasteiger partial charge in [0.05, 0.1) is 5.56 Å². The average molecular weight is 306 g/mol. The van der Waals surface area contributed by atoms with Crippen LogP contribution in [0.2, 0.25) is 0 Å². The van der Waals surface area contributed by atoms with Gasteiger partial charge in [-0.2, -0.15) is 26.9 Å². The first kappa shape index (κ1) is 16.3. The van der Waals surface area contributed by atoms with E-state index in [0.29, 0.717) is 12.1 Å². The minimum Gasteiger partial charge on any atom is -0.471 e. The molecule has 0 fully saturated rings. The number of hydrogen-bond acceptors (Lipinski definition) is 3. The van der Waals surface area contributed by atoms with Crippen LogP contribution in [0, 0.1) is 0 Å². The summed E-state index contributed by atoms with van der Waals surface area (Å²) in [6, 6.07) is 0.973. The second-order valence-electron chi connectivity index (χ2n) is 3.68. The van der Waals surface area contributed by atoms with Crippen LogP contribution in [0.15, 0.2) is 12.1 Å². The number of ether oxygens (including phenoxy) is 1. The quantitative estimate of drug-likeness (QED) is 0.846. The highest BCUT2D eigenvalue weighted by Gasteiger charge is 2.42. The first-order valence-electron chi connectivity index (χ1n) is 5.12. The zero-order valence-corrected chi connectivity index (χ0v) is 9.94. The summed E-state index contributed by atoms with van der Waals surface area (Å²) in [5.41, 5.74) is -1.20. The Bertz CT molecular complexity index is 461. The van der Waals surface area contributed by atoms with Gasteiger partial charge in [0.25, 0.3) is 0 Å². The molecule has 0 aliphatic carbocycles. The Balaban J connectivity index is 2.96. The highest BCUT2D eigenvalue weighted by atomic mass is 19.4. The van der Waals surface area contributed by atoms with E-state index in [9.17, 15) is 30.7 Å². The van der Waals surface area contributed by atoms with Crippen molar-refractivity contribution in [3.05, 3.63) is 17.7 Å². The Kier molecular flexibility index (Phi) is 4.66. The average Bonchev–Trinajstić information content (AvgIpc) is 2.34. The highest BCUT2D eigenvalue weighted by molar-refractivity contribution is 5.42. The maximum Gasteiger partial charge on any atom is 0.416 e. The van der Waals surface area contributed by atoms with Crippen LogP contribution in [0.5, 0.6) is 5.88 Å². The summed E-state index contributed by atoms with van der Waals surface area (Å²) in [6.45, 7) is -1.78. The van der Waals surface area contributed by atoms with Gasteiger partial charge in [-0.3, -0.25) is 0 Å². The van der Waals surface area contributed by atoms with Gasteiger partial charge >= 0.3 is 18.5 Å². The third-order valence-electron chi connectivity index (χ3n) is 2.12. The molecule has 0 bridgehead atoms. The molecule has 0 spiro atoms. The van der Waals surface area contributed by atoms with Crippen LogP contribution in [-0.4, -0.2) is 31.0 Å². The number of hydrogen-bond donors (Lipinski definition) is 1. The molecule has 1 aromatic rings. The molecule has 20 heavy (non-hydrogen) atoms. The van der Waals surface area contributed by atoms with Gasteiger partial charge in [-0.05, 0) is 6.07 Å². The van der Waals surface area contributed by atoms with E-state index < -0.39 is 36.6 Å². The van der Waals surface area contributed by atoms with Crippen molar-refractivity contribution < 1.29 is 35.5 Å². The number of rotatable bonds is 5. The standard InChI is InChI=1S/C10H9F7N2O/c1-18-6-2-5(10(15,16)17)3-7(19-6)20-4-9(13,14)8(11)12/h2-3,8H,4H2,1H3,(H,18,19). The SMILES string of the molecule is CNc1cc(C(F)(F)F)cc(OCC(F)(F)C(F)F)n1. The molecule has 0 aromatic carbocycles. The first-order valence-corrected chi connectivity index (χ1v) is 5.12. The van der Waals surface area contributed by atoms with Crippen molar-refractivity contribution in [2.45, 2.75) is 18.5 Å². The minimum atomic E-state index is -4.75. The number of nitrogens with zero attached hydrogens (tertiary/aromatic N) is 1. The van der Waals surface area contributed by atoms with Crippen molar-refractivity contribution in [3.63, 3.8) is 0 Å². The van der Waals surface area contributed by atoms with Crippen LogP contribution in [0.3, 0.4) is 0 Å². The lowest BCUT2D eigenvalue weighted by atomic mass is 10.2. The summed E-state index contributed by atoms with van der Waals surface area (Å²) in [6.07, 6.45) is -8.74. The third-order valence-corrected chi connectivity index (χ3v) is 2.12. The molecule has 3 nitrogen and oxygen atoms in total. The van der Waals surface area contributed by atoms with E-state index in [-0.39, 0.29) is 5.82 Å². The summed E-state index contributed by atoms with van der Waals surface area (Å²) >= 11 is 0. The van der Waals surface area contributed by atoms with Crippen molar-refractivity contribution in [2.24, 2.45) is 0 Å². The largest absolute Gasteiger partial charge is 0.471 e. The predicted octanol–water partition coefficient (Wildman–Crippen LogP) is 3.42. The minimum absolute atomic E-state index is 0.296. The predicted molar refractivity (Wildman–Crippen MR) is 55.2 cm³/mol. The topological polar surface area (TPSA) is 34.1 Å². The van der Waals surface area contributed by atoms with Gasteiger partial charge in [0.1, 0.15) is 5.82 Å². The van der Waals surface area contributed by atoms with Gasteiger partial charge in [-0.15, -0.1) is 0 Å². The molecule has 114 valence electrons. The molecule has 0 saturated heterocycles. The van der Waals surface area contributed by atoms with E-state index in [1.165, 1.54) is 7.05 Å². The van der Waals surface area contributed by atoms with Gasteiger partial charge in [0, 0.05) is 13.1 Å². The van der Waals surface area contributed by atoms with Gasteiger partial charge in [-0.25, -0.2) is 8.78 Å². The highest BCUT2D eigenvalue weighted by Crippen LogP contribution is 2.33. The number of anilines is 1. The van der Waals surface area contributed by atoms with Crippen molar-refractivity contribution in [2.75, 3.05) is 19.0 Å². The third kappa shape index (κ3) is 4.14. The van der Waals surface area contributed by atoms with Crippen molar-refractivity contribution in [1.29, 1.82) is 0 Å².